The Morgan fingerprint density at radius 1 is 1.46 bits per heavy atom. The average Bonchev–Trinajstić information content (AvgIpc) is 2.06. The molecule has 0 heterocycles. The zero-order valence-electron chi connectivity index (χ0n) is 7.76. The Balaban J connectivity index is 4.07. The molecule has 0 spiro atoms. The van der Waals surface area contributed by atoms with Crippen molar-refractivity contribution in [1.82, 2.24) is 10.6 Å². The summed E-state index contributed by atoms with van der Waals surface area (Å²) in [7, 11) is 0. The third-order valence-electron chi connectivity index (χ3n) is 1.49. The topological polar surface area (TPSA) is 78.4 Å². The van der Waals surface area contributed by atoms with Crippen molar-refractivity contribution < 1.29 is 14.7 Å². The first-order valence-corrected chi connectivity index (χ1v) is 4.00. The molecular formula is C8H14N2O3. The first-order valence-electron chi connectivity index (χ1n) is 4.00. The fourth-order valence-electron chi connectivity index (χ4n) is 0.795. The Morgan fingerprint density at radius 2 is 2.08 bits per heavy atom. The summed E-state index contributed by atoms with van der Waals surface area (Å²) >= 11 is 0. The van der Waals surface area contributed by atoms with Crippen molar-refractivity contribution in [2.24, 2.45) is 0 Å². The average molecular weight is 186 g/mol. The minimum atomic E-state index is -0.694. The fraction of sp³-hybridized carbons (Fsp3) is 0.500. The van der Waals surface area contributed by atoms with Gasteiger partial charge in [0.2, 0.25) is 0 Å². The van der Waals surface area contributed by atoms with E-state index in [4.69, 9.17) is 5.11 Å². The molecule has 0 radical (unpaired) electrons. The van der Waals surface area contributed by atoms with E-state index in [1.165, 1.54) is 0 Å². The Labute approximate surface area is 76.8 Å². The molecule has 5 heteroatoms. The first-order chi connectivity index (χ1) is 6.15. The second-order valence-corrected chi connectivity index (χ2v) is 2.29. The molecule has 0 saturated carbocycles. The van der Waals surface area contributed by atoms with Crippen LogP contribution in [0.25, 0.3) is 0 Å². The highest BCUT2D eigenvalue weighted by Crippen LogP contribution is 1.98. The summed E-state index contributed by atoms with van der Waals surface area (Å²) in [5, 5.41) is 12.4. The van der Waals surface area contributed by atoms with Crippen LogP contribution in [0.1, 0.15) is 20.3 Å². The smallest absolute Gasteiger partial charge is 0.323 e. The molecule has 0 rings (SSSR count). The van der Waals surface area contributed by atoms with Crippen molar-refractivity contribution in [3.8, 4) is 0 Å². The van der Waals surface area contributed by atoms with Crippen LogP contribution >= 0.6 is 0 Å². The van der Waals surface area contributed by atoms with Crippen LogP contribution in [0.3, 0.4) is 0 Å². The second-order valence-electron chi connectivity index (χ2n) is 2.29. The predicted molar refractivity (Wildman–Crippen MR) is 47.8 cm³/mol. The van der Waals surface area contributed by atoms with E-state index in [-0.39, 0.29) is 0 Å². The molecule has 0 bridgehead atoms. The van der Waals surface area contributed by atoms with Crippen molar-refractivity contribution >= 4 is 11.9 Å². The molecular weight excluding hydrogens is 172 g/mol. The SMILES string of the molecule is CC=C(CC)C(=O)NC(=O)NCO. The number of hydrogen-bond donors (Lipinski definition) is 3. The number of imide groups is 1. The van der Waals surface area contributed by atoms with Gasteiger partial charge < -0.3 is 10.4 Å². The van der Waals surface area contributed by atoms with Crippen molar-refractivity contribution in [3.05, 3.63) is 11.6 Å². The number of rotatable bonds is 3. The Bertz CT molecular complexity index is 223. The van der Waals surface area contributed by atoms with Gasteiger partial charge in [0.25, 0.3) is 5.91 Å². The molecule has 0 saturated heterocycles. The third kappa shape index (κ3) is 4.27. The standard InChI is InChI=1S/C8H14N2O3/c1-3-6(4-2)7(12)10-8(13)9-5-11/h3,11H,4-5H2,1-2H3,(H2,9,10,12,13). The molecule has 74 valence electrons. The fourth-order valence-corrected chi connectivity index (χ4v) is 0.795. The molecule has 0 aliphatic rings. The number of allylic oxidation sites excluding steroid dienone is 1. The van der Waals surface area contributed by atoms with Crippen molar-refractivity contribution in [3.63, 3.8) is 0 Å². The van der Waals surface area contributed by atoms with Gasteiger partial charge >= 0.3 is 6.03 Å². The van der Waals surface area contributed by atoms with Crippen LogP contribution in [0.2, 0.25) is 0 Å². The molecule has 0 aliphatic heterocycles. The summed E-state index contributed by atoms with van der Waals surface area (Å²) in [6.45, 7) is 3.05. The molecule has 0 aromatic carbocycles. The lowest BCUT2D eigenvalue weighted by atomic mass is 10.2. The minimum Gasteiger partial charge on any atom is -0.376 e. The molecule has 0 aromatic heterocycles. The van der Waals surface area contributed by atoms with Gasteiger partial charge in [-0.15, -0.1) is 0 Å². The maximum atomic E-state index is 11.2. The monoisotopic (exact) mass is 186 g/mol. The normalized spacial score (nSPS) is 10.8. The summed E-state index contributed by atoms with van der Waals surface area (Å²) in [5.74, 6) is -0.434. The zero-order chi connectivity index (χ0) is 10.3. The summed E-state index contributed by atoms with van der Waals surface area (Å²) in [5.41, 5.74) is 0.535. The van der Waals surface area contributed by atoms with E-state index < -0.39 is 18.7 Å². The number of amides is 3. The van der Waals surface area contributed by atoms with Crippen LogP contribution in [0.15, 0.2) is 11.6 Å². The predicted octanol–water partition coefficient (Wildman–Crippen LogP) is 0.118. The highest BCUT2D eigenvalue weighted by Gasteiger charge is 2.09. The van der Waals surface area contributed by atoms with Crippen molar-refractivity contribution in [2.45, 2.75) is 20.3 Å². The van der Waals surface area contributed by atoms with Crippen molar-refractivity contribution in [1.29, 1.82) is 0 Å². The summed E-state index contributed by atoms with van der Waals surface area (Å²) < 4.78 is 0. The van der Waals surface area contributed by atoms with E-state index in [1.54, 1.807) is 13.0 Å². The highest BCUT2D eigenvalue weighted by atomic mass is 16.3. The van der Waals surface area contributed by atoms with Gasteiger partial charge in [0.15, 0.2) is 0 Å². The highest BCUT2D eigenvalue weighted by molar-refractivity contribution is 6.03. The quantitative estimate of drug-likeness (QED) is 0.432. The number of carbonyl (C=O) groups excluding carboxylic acids is 2. The third-order valence-corrected chi connectivity index (χ3v) is 1.49. The lowest BCUT2D eigenvalue weighted by molar-refractivity contribution is -0.116. The number of urea groups is 1. The van der Waals surface area contributed by atoms with E-state index in [0.29, 0.717) is 12.0 Å². The molecule has 0 aromatic rings. The van der Waals surface area contributed by atoms with E-state index in [1.807, 2.05) is 12.2 Å². The molecule has 13 heavy (non-hydrogen) atoms. The van der Waals surface area contributed by atoms with E-state index in [2.05, 4.69) is 5.32 Å². The molecule has 0 unspecified atom stereocenters. The second kappa shape index (κ2) is 6.19. The molecule has 3 amide bonds. The lowest BCUT2D eigenvalue weighted by Crippen LogP contribution is -2.40. The maximum absolute atomic E-state index is 11.2. The Kier molecular flexibility index (Phi) is 5.54. The maximum Gasteiger partial charge on any atom is 0.323 e. The van der Waals surface area contributed by atoms with Gasteiger partial charge in [-0.3, -0.25) is 10.1 Å². The number of hydrogen-bond acceptors (Lipinski definition) is 3. The summed E-state index contributed by atoms with van der Waals surface area (Å²) in [6, 6.07) is -0.694. The van der Waals surface area contributed by atoms with Gasteiger partial charge in [0.1, 0.15) is 6.73 Å². The van der Waals surface area contributed by atoms with E-state index in [9.17, 15) is 9.59 Å². The van der Waals surface area contributed by atoms with Gasteiger partial charge in [0, 0.05) is 5.57 Å². The Morgan fingerprint density at radius 3 is 2.46 bits per heavy atom. The zero-order valence-corrected chi connectivity index (χ0v) is 7.76. The van der Waals surface area contributed by atoms with Crippen LogP contribution in [-0.4, -0.2) is 23.8 Å². The molecule has 0 atom stereocenters. The number of nitrogens with one attached hydrogen (secondary N) is 2. The largest absolute Gasteiger partial charge is 0.376 e. The number of aliphatic hydroxyl groups is 1. The molecule has 3 N–H and O–H groups in total. The molecule has 5 nitrogen and oxygen atoms in total. The first kappa shape index (κ1) is 11.6. The van der Waals surface area contributed by atoms with Crippen LogP contribution < -0.4 is 10.6 Å². The molecule has 0 fully saturated rings. The van der Waals surface area contributed by atoms with Gasteiger partial charge in [0.05, 0.1) is 0 Å². The van der Waals surface area contributed by atoms with Crippen molar-refractivity contribution in [2.75, 3.05) is 6.73 Å². The molecule has 0 aliphatic carbocycles. The lowest BCUT2D eigenvalue weighted by Gasteiger charge is -2.05. The van der Waals surface area contributed by atoms with Crippen LogP contribution in [0.4, 0.5) is 4.79 Å². The van der Waals surface area contributed by atoms with Crippen LogP contribution in [-0.2, 0) is 4.79 Å². The van der Waals surface area contributed by atoms with Gasteiger partial charge in [-0.25, -0.2) is 4.79 Å². The van der Waals surface area contributed by atoms with Gasteiger partial charge in [-0.05, 0) is 13.3 Å². The van der Waals surface area contributed by atoms with Crippen LogP contribution in [0.5, 0.6) is 0 Å². The van der Waals surface area contributed by atoms with Crippen LogP contribution in [0, 0.1) is 0 Å². The number of carbonyl (C=O) groups is 2. The van der Waals surface area contributed by atoms with Gasteiger partial charge in [-0.2, -0.15) is 0 Å². The summed E-state index contributed by atoms with van der Waals surface area (Å²) in [4.78, 5) is 21.9. The summed E-state index contributed by atoms with van der Waals surface area (Å²) in [6.07, 6.45) is 2.20. The van der Waals surface area contributed by atoms with E-state index in [0.717, 1.165) is 0 Å². The Hall–Kier alpha value is -1.36. The van der Waals surface area contributed by atoms with Gasteiger partial charge in [-0.1, -0.05) is 13.0 Å². The van der Waals surface area contributed by atoms with E-state index >= 15 is 0 Å². The minimum absolute atomic E-state index is 0.434. The number of aliphatic hydroxyl groups excluding tert-OH is 1.